The summed E-state index contributed by atoms with van der Waals surface area (Å²) < 4.78 is 0. The third-order valence-electron chi connectivity index (χ3n) is 4.45. The van der Waals surface area contributed by atoms with E-state index in [2.05, 4.69) is 23.6 Å². The number of unbranched alkanes of at least 4 members (excludes halogenated alkanes) is 2. The highest BCUT2D eigenvalue weighted by Gasteiger charge is 2.14. The average molecular weight is 331 g/mol. The third-order valence-corrected chi connectivity index (χ3v) is 4.45. The second-order valence-electron chi connectivity index (χ2n) is 5.96. The first-order chi connectivity index (χ1) is 11.3. The predicted octanol–water partition coefficient (Wildman–Crippen LogP) is 4.65. The number of nitrogens with zero attached hydrogens (tertiary/aromatic N) is 2. The molecule has 23 heavy (non-hydrogen) atoms. The van der Waals surface area contributed by atoms with Gasteiger partial charge < -0.3 is 14.9 Å². The van der Waals surface area contributed by atoms with Gasteiger partial charge >= 0.3 is 0 Å². The van der Waals surface area contributed by atoms with Crippen molar-refractivity contribution >= 4 is 0 Å². The van der Waals surface area contributed by atoms with Gasteiger partial charge in [-0.3, -0.25) is 0 Å². The Kier molecular flexibility index (Phi) is 21.8. The lowest BCUT2D eigenvalue weighted by atomic mass is 9.97. The molecule has 3 heteroatoms. The fraction of sp³-hybridized carbons (Fsp3) is 1.00. The Labute approximate surface area is 147 Å². The van der Waals surface area contributed by atoms with Crippen LogP contribution in [-0.2, 0) is 0 Å². The maximum atomic E-state index is 9.25. The van der Waals surface area contributed by atoms with Crippen LogP contribution in [0.25, 0.3) is 0 Å². The Morgan fingerprint density at radius 1 is 0.783 bits per heavy atom. The van der Waals surface area contributed by atoms with Gasteiger partial charge in [0.15, 0.2) is 0 Å². The minimum atomic E-state index is 0.382. The van der Waals surface area contributed by atoms with E-state index in [0.717, 1.165) is 0 Å². The molecule has 142 valence electrons. The molecule has 0 aromatic carbocycles. The molecule has 0 saturated carbocycles. The van der Waals surface area contributed by atoms with Crippen LogP contribution in [0, 0.1) is 5.92 Å². The van der Waals surface area contributed by atoms with Crippen molar-refractivity contribution in [2.24, 2.45) is 5.92 Å². The molecular weight excluding hydrogens is 284 g/mol. The summed E-state index contributed by atoms with van der Waals surface area (Å²) in [6.07, 6.45) is 7.56. The van der Waals surface area contributed by atoms with Crippen molar-refractivity contribution in [3.05, 3.63) is 0 Å². The minimum absolute atomic E-state index is 0.382. The molecule has 1 fully saturated rings. The van der Waals surface area contributed by atoms with Crippen LogP contribution in [0.15, 0.2) is 0 Å². The van der Waals surface area contributed by atoms with Gasteiger partial charge in [-0.15, -0.1) is 0 Å². The highest BCUT2D eigenvalue weighted by atomic mass is 16.3. The summed E-state index contributed by atoms with van der Waals surface area (Å²) in [6, 6.07) is 0. The Morgan fingerprint density at radius 2 is 1.35 bits per heavy atom. The van der Waals surface area contributed by atoms with Crippen molar-refractivity contribution in [3.63, 3.8) is 0 Å². The third kappa shape index (κ3) is 14.0. The number of hydrogen-bond acceptors (Lipinski definition) is 3. The quantitative estimate of drug-likeness (QED) is 0.591. The highest BCUT2D eigenvalue weighted by molar-refractivity contribution is 4.70. The standard InChI is InChI=1S/C16H34N2O.2C2H6/c1-3-8-16(15-19)9-6-5-7-10-18-13-11-17(4-2)12-14-18;2*1-2/h16,19H,3-15H2,1-2H3;2*1-2H3. The Hall–Kier alpha value is -0.120. The van der Waals surface area contributed by atoms with Gasteiger partial charge in [-0.2, -0.15) is 0 Å². The van der Waals surface area contributed by atoms with Crippen LogP contribution in [0.3, 0.4) is 0 Å². The molecule has 1 saturated heterocycles. The number of aliphatic hydroxyl groups excluding tert-OH is 1. The summed E-state index contributed by atoms with van der Waals surface area (Å²) in [7, 11) is 0. The fourth-order valence-electron chi connectivity index (χ4n) is 3.01. The molecule has 0 bridgehead atoms. The van der Waals surface area contributed by atoms with Crippen LogP contribution in [0.5, 0.6) is 0 Å². The molecule has 0 amide bonds. The summed E-state index contributed by atoms with van der Waals surface area (Å²) in [5.74, 6) is 0.554. The topological polar surface area (TPSA) is 26.7 Å². The summed E-state index contributed by atoms with van der Waals surface area (Å²) in [6.45, 7) is 20.3. The zero-order chi connectivity index (χ0) is 17.9. The van der Waals surface area contributed by atoms with Crippen molar-refractivity contribution < 1.29 is 5.11 Å². The Morgan fingerprint density at radius 3 is 1.83 bits per heavy atom. The van der Waals surface area contributed by atoms with E-state index in [4.69, 9.17) is 0 Å². The van der Waals surface area contributed by atoms with Crippen LogP contribution in [0.1, 0.15) is 80.1 Å². The largest absolute Gasteiger partial charge is 0.396 e. The molecule has 0 radical (unpaired) electrons. The van der Waals surface area contributed by atoms with Crippen LogP contribution in [-0.4, -0.2) is 60.8 Å². The number of piperazine rings is 1. The van der Waals surface area contributed by atoms with E-state index in [1.165, 1.54) is 77.8 Å². The molecule has 1 unspecified atom stereocenters. The van der Waals surface area contributed by atoms with Crippen molar-refractivity contribution in [2.45, 2.75) is 80.1 Å². The van der Waals surface area contributed by atoms with Gasteiger partial charge in [0, 0.05) is 32.8 Å². The zero-order valence-corrected chi connectivity index (χ0v) is 17.1. The first-order valence-corrected chi connectivity index (χ1v) is 10.4. The van der Waals surface area contributed by atoms with Crippen LogP contribution >= 0.6 is 0 Å². The van der Waals surface area contributed by atoms with Crippen molar-refractivity contribution in [1.29, 1.82) is 0 Å². The average Bonchev–Trinajstić information content (AvgIpc) is 2.64. The molecule has 1 N–H and O–H groups in total. The highest BCUT2D eigenvalue weighted by Crippen LogP contribution is 2.15. The predicted molar refractivity (Wildman–Crippen MR) is 105 cm³/mol. The maximum absolute atomic E-state index is 9.25. The summed E-state index contributed by atoms with van der Waals surface area (Å²) in [5.41, 5.74) is 0. The molecule has 1 heterocycles. The van der Waals surface area contributed by atoms with Crippen LogP contribution in [0.2, 0.25) is 0 Å². The van der Waals surface area contributed by atoms with Crippen LogP contribution in [0.4, 0.5) is 0 Å². The van der Waals surface area contributed by atoms with Crippen molar-refractivity contribution in [2.75, 3.05) is 45.9 Å². The molecule has 0 aliphatic carbocycles. The van der Waals surface area contributed by atoms with Crippen molar-refractivity contribution in [3.8, 4) is 0 Å². The normalized spacial score (nSPS) is 16.8. The Balaban J connectivity index is 0. The second kappa shape index (κ2) is 19.9. The Bertz CT molecular complexity index is 204. The van der Waals surface area contributed by atoms with E-state index in [9.17, 15) is 5.11 Å². The molecule has 1 rings (SSSR count). The van der Waals surface area contributed by atoms with E-state index in [1.54, 1.807) is 0 Å². The van der Waals surface area contributed by atoms with E-state index in [0.29, 0.717) is 12.5 Å². The van der Waals surface area contributed by atoms with Gasteiger partial charge in [-0.25, -0.2) is 0 Å². The first kappa shape index (κ1) is 25.1. The summed E-state index contributed by atoms with van der Waals surface area (Å²) in [5, 5.41) is 9.25. The van der Waals surface area contributed by atoms with Gasteiger partial charge in [0.1, 0.15) is 0 Å². The van der Waals surface area contributed by atoms with Gasteiger partial charge in [0.25, 0.3) is 0 Å². The maximum Gasteiger partial charge on any atom is 0.0459 e. The van der Waals surface area contributed by atoms with E-state index < -0.39 is 0 Å². The number of likely N-dealkylation sites (N-methyl/N-ethyl adjacent to an activating group) is 1. The molecule has 0 spiro atoms. The number of rotatable bonds is 10. The van der Waals surface area contributed by atoms with Gasteiger partial charge in [-0.1, -0.05) is 60.8 Å². The van der Waals surface area contributed by atoms with E-state index in [-0.39, 0.29) is 0 Å². The number of aliphatic hydroxyl groups is 1. The zero-order valence-electron chi connectivity index (χ0n) is 17.1. The molecule has 1 aliphatic rings. The molecule has 1 atom stereocenters. The molecule has 0 aromatic rings. The molecule has 1 aliphatic heterocycles. The van der Waals surface area contributed by atoms with Gasteiger partial charge in [-0.05, 0) is 38.3 Å². The van der Waals surface area contributed by atoms with Crippen LogP contribution < -0.4 is 0 Å². The van der Waals surface area contributed by atoms with Crippen molar-refractivity contribution in [1.82, 2.24) is 9.80 Å². The number of hydrogen-bond donors (Lipinski definition) is 1. The first-order valence-electron chi connectivity index (χ1n) is 10.4. The summed E-state index contributed by atoms with van der Waals surface area (Å²) in [4.78, 5) is 5.15. The monoisotopic (exact) mass is 330 g/mol. The van der Waals surface area contributed by atoms with E-state index >= 15 is 0 Å². The lowest BCUT2D eigenvalue weighted by Crippen LogP contribution is -2.46. The molecule has 3 nitrogen and oxygen atoms in total. The second-order valence-corrected chi connectivity index (χ2v) is 5.96. The van der Waals surface area contributed by atoms with E-state index in [1.807, 2.05) is 27.7 Å². The smallest absolute Gasteiger partial charge is 0.0459 e. The lowest BCUT2D eigenvalue weighted by Gasteiger charge is -2.34. The summed E-state index contributed by atoms with van der Waals surface area (Å²) >= 11 is 0. The fourth-order valence-corrected chi connectivity index (χ4v) is 3.01. The molecule has 0 aromatic heterocycles. The molecular formula is C20H46N2O. The van der Waals surface area contributed by atoms with Gasteiger partial charge in [0.2, 0.25) is 0 Å². The minimum Gasteiger partial charge on any atom is -0.396 e. The van der Waals surface area contributed by atoms with Gasteiger partial charge in [0.05, 0.1) is 0 Å². The lowest BCUT2D eigenvalue weighted by molar-refractivity contribution is 0.135. The SMILES string of the molecule is CC.CC.CCCC(CO)CCCCCN1CCN(CC)CC1.